The van der Waals surface area contributed by atoms with Crippen LogP contribution in [0.5, 0.6) is 5.75 Å². The van der Waals surface area contributed by atoms with Gasteiger partial charge in [-0.1, -0.05) is 33.1 Å². The lowest BCUT2D eigenvalue weighted by molar-refractivity contribution is 0.0463. The monoisotopic (exact) mass is 333 g/mol. The summed E-state index contributed by atoms with van der Waals surface area (Å²) in [6.45, 7) is 5.92. The van der Waals surface area contributed by atoms with Gasteiger partial charge in [0.2, 0.25) is 0 Å². The first-order chi connectivity index (χ1) is 11.6. The zero-order valence-electron chi connectivity index (χ0n) is 15.0. The van der Waals surface area contributed by atoms with Gasteiger partial charge in [0.05, 0.1) is 0 Å². The van der Waals surface area contributed by atoms with Gasteiger partial charge in [-0.15, -0.1) is 0 Å². The molecule has 0 aromatic heterocycles. The number of benzene rings is 1. The zero-order valence-corrected chi connectivity index (χ0v) is 15.0. The van der Waals surface area contributed by atoms with E-state index in [0.29, 0.717) is 30.3 Å². The lowest BCUT2D eigenvalue weighted by Crippen LogP contribution is -2.43. The summed E-state index contributed by atoms with van der Waals surface area (Å²) in [5, 5.41) is 10.3. The highest BCUT2D eigenvalue weighted by molar-refractivity contribution is 5.95. The zero-order chi connectivity index (χ0) is 17.4. The van der Waals surface area contributed by atoms with Crippen LogP contribution in [0.3, 0.4) is 0 Å². The van der Waals surface area contributed by atoms with Crippen LogP contribution in [0.1, 0.15) is 62.7 Å². The molecule has 1 N–H and O–H groups in total. The first-order valence-corrected chi connectivity index (χ1v) is 9.32. The van der Waals surface area contributed by atoms with E-state index in [9.17, 15) is 9.90 Å². The molecule has 0 radical (unpaired) electrons. The predicted molar refractivity (Wildman–Crippen MR) is 96.7 cm³/mol. The molecule has 1 aromatic rings. The third kappa shape index (κ3) is 5.60. The van der Waals surface area contributed by atoms with Gasteiger partial charge in [-0.05, 0) is 43.7 Å². The molecule has 0 amide bonds. The number of hydrogen-bond donors (Lipinski definition) is 1. The third-order valence-electron chi connectivity index (χ3n) is 4.88. The predicted octanol–water partition coefficient (Wildman–Crippen LogP) is 3.67. The van der Waals surface area contributed by atoms with Crippen molar-refractivity contribution in [2.45, 2.75) is 64.5 Å². The van der Waals surface area contributed by atoms with Gasteiger partial charge in [0.25, 0.3) is 0 Å². The van der Waals surface area contributed by atoms with Crippen LogP contribution in [0.4, 0.5) is 0 Å². The number of nitrogens with zero attached hydrogens (tertiary/aromatic N) is 1. The van der Waals surface area contributed by atoms with E-state index in [2.05, 4.69) is 11.8 Å². The molecule has 0 aliphatic heterocycles. The van der Waals surface area contributed by atoms with Crippen LogP contribution in [0, 0.1) is 0 Å². The van der Waals surface area contributed by atoms with Crippen LogP contribution in [-0.2, 0) is 0 Å². The lowest BCUT2D eigenvalue weighted by Gasteiger charge is -2.34. The Morgan fingerprint density at radius 1 is 1.21 bits per heavy atom. The molecular weight excluding hydrogens is 302 g/mol. The first kappa shape index (κ1) is 18.9. The highest BCUT2D eigenvalue weighted by Crippen LogP contribution is 2.22. The molecule has 1 saturated carbocycles. The van der Waals surface area contributed by atoms with E-state index in [0.717, 1.165) is 6.54 Å². The van der Waals surface area contributed by atoms with Crippen molar-refractivity contribution in [3.63, 3.8) is 0 Å². The van der Waals surface area contributed by atoms with E-state index in [1.807, 2.05) is 6.92 Å². The van der Waals surface area contributed by atoms with E-state index >= 15 is 0 Å². The summed E-state index contributed by atoms with van der Waals surface area (Å²) in [6.07, 6.45) is 6.45. The molecule has 1 aromatic carbocycles. The molecule has 0 saturated heterocycles. The Hall–Kier alpha value is -1.39. The number of rotatable bonds is 9. The fourth-order valence-electron chi connectivity index (χ4n) is 3.44. The van der Waals surface area contributed by atoms with E-state index in [1.165, 1.54) is 32.1 Å². The second kappa shape index (κ2) is 9.80. The Kier molecular flexibility index (Phi) is 7.73. The number of likely N-dealkylation sites (N-methyl/N-ethyl adjacent to an activating group) is 1. The third-order valence-corrected chi connectivity index (χ3v) is 4.88. The van der Waals surface area contributed by atoms with E-state index in [4.69, 9.17) is 4.74 Å². The number of carbonyl (C=O) groups excluding carboxylic acids is 1. The topological polar surface area (TPSA) is 49.8 Å². The summed E-state index contributed by atoms with van der Waals surface area (Å²) in [4.78, 5) is 14.0. The quantitative estimate of drug-likeness (QED) is 0.701. The minimum Gasteiger partial charge on any atom is -0.491 e. The van der Waals surface area contributed by atoms with Gasteiger partial charge in [0, 0.05) is 24.6 Å². The number of Topliss-reactive ketones (excluding diaryl/α,β-unsaturated/α-hetero) is 1. The van der Waals surface area contributed by atoms with E-state index < -0.39 is 6.10 Å². The molecule has 4 heteroatoms. The number of carbonyl (C=O) groups is 1. The summed E-state index contributed by atoms with van der Waals surface area (Å²) in [7, 11) is 0. The van der Waals surface area contributed by atoms with Crippen LogP contribution in [0.15, 0.2) is 24.3 Å². The molecule has 0 spiro atoms. The second-order valence-electron chi connectivity index (χ2n) is 6.65. The van der Waals surface area contributed by atoms with Crippen molar-refractivity contribution >= 4 is 5.78 Å². The number of aliphatic hydroxyl groups is 1. The molecule has 134 valence electrons. The van der Waals surface area contributed by atoms with Crippen molar-refractivity contribution in [2.24, 2.45) is 0 Å². The van der Waals surface area contributed by atoms with Gasteiger partial charge in [0.15, 0.2) is 5.78 Å². The summed E-state index contributed by atoms with van der Waals surface area (Å²) in [6, 6.07) is 7.78. The average Bonchev–Trinajstić information content (AvgIpc) is 2.65. The molecule has 1 aliphatic rings. The molecule has 1 fully saturated rings. The molecule has 4 nitrogen and oxygen atoms in total. The van der Waals surface area contributed by atoms with Crippen LogP contribution in [0.2, 0.25) is 0 Å². The second-order valence-corrected chi connectivity index (χ2v) is 6.65. The number of hydrogen-bond acceptors (Lipinski definition) is 4. The van der Waals surface area contributed by atoms with Gasteiger partial charge < -0.3 is 9.84 Å². The standard InChI is InChI=1S/C20H31NO3/c1-3-20(23)16-10-12-19(13-11-16)24-15-18(22)14-21(4-2)17-8-6-5-7-9-17/h10-13,17-18,22H,3-9,14-15H2,1-2H3. The van der Waals surface area contributed by atoms with Gasteiger partial charge >= 0.3 is 0 Å². The molecule has 0 bridgehead atoms. The van der Waals surface area contributed by atoms with Crippen molar-refractivity contribution < 1.29 is 14.6 Å². The Bertz CT molecular complexity index is 494. The minimum absolute atomic E-state index is 0.132. The maximum atomic E-state index is 11.6. The smallest absolute Gasteiger partial charge is 0.162 e. The lowest BCUT2D eigenvalue weighted by atomic mass is 9.94. The Balaban J connectivity index is 1.79. The number of ketones is 1. The molecule has 24 heavy (non-hydrogen) atoms. The average molecular weight is 333 g/mol. The van der Waals surface area contributed by atoms with Crippen LogP contribution >= 0.6 is 0 Å². The maximum absolute atomic E-state index is 11.6. The maximum Gasteiger partial charge on any atom is 0.162 e. The molecular formula is C20H31NO3. The summed E-state index contributed by atoms with van der Waals surface area (Å²) in [5.41, 5.74) is 0.708. The Morgan fingerprint density at radius 2 is 1.88 bits per heavy atom. The normalized spacial score (nSPS) is 17.0. The van der Waals surface area contributed by atoms with Crippen LogP contribution in [-0.4, -0.2) is 47.6 Å². The largest absolute Gasteiger partial charge is 0.491 e. The van der Waals surface area contributed by atoms with Gasteiger partial charge in [-0.2, -0.15) is 0 Å². The molecule has 2 rings (SSSR count). The van der Waals surface area contributed by atoms with E-state index in [1.54, 1.807) is 24.3 Å². The number of aliphatic hydroxyl groups excluding tert-OH is 1. The molecule has 0 heterocycles. The number of ether oxygens (including phenoxy) is 1. The summed E-state index contributed by atoms with van der Waals surface area (Å²) >= 11 is 0. The highest BCUT2D eigenvalue weighted by atomic mass is 16.5. The van der Waals surface area contributed by atoms with Crippen molar-refractivity contribution in [3.8, 4) is 5.75 Å². The Labute approximate surface area is 145 Å². The molecule has 1 atom stereocenters. The highest BCUT2D eigenvalue weighted by Gasteiger charge is 2.22. The summed E-state index contributed by atoms with van der Waals surface area (Å²) < 4.78 is 5.68. The Morgan fingerprint density at radius 3 is 2.46 bits per heavy atom. The summed E-state index contributed by atoms with van der Waals surface area (Å²) in [5.74, 6) is 0.829. The van der Waals surface area contributed by atoms with Crippen molar-refractivity contribution in [3.05, 3.63) is 29.8 Å². The van der Waals surface area contributed by atoms with Crippen molar-refractivity contribution in [1.29, 1.82) is 0 Å². The SMILES string of the molecule is CCC(=O)c1ccc(OCC(O)CN(CC)C2CCCCC2)cc1. The van der Waals surface area contributed by atoms with Gasteiger partial charge in [-0.25, -0.2) is 0 Å². The van der Waals surface area contributed by atoms with Crippen molar-refractivity contribution in [1.82, 2.24) is 4.90 Å². The minimum atomic E-state index is -0.496. The van der Waals surface area contributed by atoms with E-state index in [-0.39, 0.29) is 12.4 Å². The van der Waals surface area contributed by atoms with Gasteiger partial charge in [0.1, 0.15) is 18.5 Å². The van der Waals surface area contributed by atoms with Crippen molar-refractivity contribution in [2.75, 3.05) is 19.7 Å². The fraction of sp³-hybridized carbons (Fsp3) is 0.650. The fourth-order valence-corrected chi connectivity index (χ4v) is 3.44. The first-order valence-electron chi connectivity index (χ1n) is 9.32. The van der Waals surface area contributed by atoms with Crippen LogP contribution < -0.4 is 4.74 Å². The van der Waals surface area contributed by atoms with Gasteiger partial charge in [-0.3, -0.25) is 9.69 Å². The van der Waals surface area contributed by atoms with Crippen LogP contribution in [0.25, 0.3) is 0 Å². The molecule has 1 unspecified atom stereocenters. The molecule has 1 aliphatic carbocycles.